The van der Waals surface area contributed by atoms with Gasteiger partial charge in [-0.2, -0.15) is 0 Å². The first-order chi connectivity index (χ1) is 9.16. The lowest BCUT2D eigenvalue weighted by Gasteiger charge is -2.19. The van der Waals surface area contributed by atoms with E-state index in [1.165, 1.54) is 0 Å². The predicted molar refractivity (Wildman–Crippen MR) is 78.0 cm³/mol. The van der Waals surface area contributed by atoms with Crippen molar-refractivity contribution in [3.8, 4) is 0 Å². The monoisotopic (exact) mass is 310 g/mol. The van der Waals surface area contributed by atoms with Gasteiger partial charge in [-0.05, 0) is 40.7 Å². The summed E-state index contributed by atoms with van der Waals surface area (Å²) in [6.07, 6.45) is 0.359. The molecule has 0 saturated heterocycles. The van der Waals surface area contributed by atoms with Gasteiger partial charge in [0.1, 0.15) is 5.60 Å². The van der Waals surface area contributed by atoms with Crippen LogP contribution in [-0.4, -0.2) is 49.0 Å². The maximum absolute atomic E-state index is 11.3. The van der Waals surface area contributed by atoms with E-state index in [-0.39, 0.29) is 12.8 Å². The summed E-state index contributed by atoms with van der Waals surface area (Å²) in [5.74, 6) is 0. The van der Waals surface area contributed by atoms with Gasteiger partial charge in [-0.15, -0.1) is 0 Å². The highest BCUT2D eigenvalue weighted by molar-refractivity contribution is 7.52. The second-order valence-electron chi connectivity index (χ2n) is 5.31. The lowest BCUT2D eigenvalue weighted by molar-refractivity contribution is 0.0527. The molecule has 0 bridgehead atoms. The molecule has 120 valence electrons. The average molecular weight is 310 g/mol. The molecule has 0 aromatic carbocycles. The van der Waals surface area contributed by atoms with Crippen molar-refractivity contribution in [1.29, 1.82) is 0 Å². The van der Waals surface area contributed by atoms with E-state index in [0.717, 1.165) is 0 Å². The highest BCUT2D eigenvalue weighted by Crippen LogP contribution is 2.40. The van der Waals surface area contributed by atoms with E-state index in [1.807, 2.05) is 0 Å². The van der Waals surface area contributed by atoms with Crippen LogP contribution in [0, 0.1) is 0 Å². The van der Waals surface area contributed by atoms with Crippen molar-refractivity contribution >= 4 is 13.7 Å². The van der Waals surface area contributed by atoms with E-state index >= 15 is 0 Å². The number of ether oxygens (including phenoxy) is 1. The van der Waals surface area contributed by atoms with Gasteiger partial charge in [0.05, 0.1) is 12.8 Å². The van der Waals surface area contributed by atoms with E-state index in [9.17, 15) is 14.3 Å². The minimum Gasteiger partial charge on any atom is -0.444 e. The topological polar surface area (TPSA) is 96.9 Å². The Hall–Kier alpha value is -0.620. The van der Waals surface area contributed by atoms with E-state index in [1.54, 1.807) is 27.7 Å². The van der Waals surface area contributed by atoms with Crippen molar-refractivity contribution < 1.29 is 23.5 Å². The van der Waals surface area contributed by atoms with Crippen LogP contribution < -0.4 is 10.6 Å². The molecule has 7 nitrogen and oxygen atoms in total. The van der Waals surface area contributed by atoms with Crippen LogP contribution in [0.1, 0.15) is 34.1 Å². The molecule has 0 heterocycles. The summed E-state index contributed by atoms with van der Waals surface area (Å²) < 4.78 is 21.2. The first kappa shape index (κ1) is 19.4. The summed E-state index contributed by atoms with van der Waals surface area (Å²) >= 11 is 0. The second kappa shape index (κ2) is 9.34. The zero-order valence-electron chi connectivity index (χ0n) is 12.8. The Morgan fingerprint density at radius 3 is 2.45 bits per heavy atom. The molecule has 0 aliphatic carbocycles. The Morgan fingerprint density at radius 1 is 1.25 bits per heavy atom. The molecule has 0 aromatic rings. The number of nitrogens with one attached hydrogen (secondary N) is 2. The minimum absolute atomic E-state index is 0.0837. The molecule has 0 aromatic heterocycles. The number of alkyl carbamates (subject to hydrolysis) is 1. The minimum atomic E-state index is -3.44. The number of carbonyl (C=O) groups is 1. The number of rotatable bonds is 9. The third-order valence-corrected chi connectivity index (χ3v) is 3.55. The Bertz CT molecular complexity index is 330. The fourth-order valence-electron chi connectivity index (χ4n) is 1.33. The van der Waals surface area contributed by atoms with E-state index in [0.29, 0.717) is 26.1 Å². The number of carbonyl (C=O) groups excluding carboxylic acids is 1. The molecule has 0 fully saturated rings. The van der Waals surface area contributed by atoms with Crippen molar-refractivity contribution in [1.82, 2.24) is 10.6 Å². The molecule has 3 N–H and O–H groups in total. The molecular formula is C12H27N2O5P. The third kappa shape index (κ3) is 12.4. The van der Waals surface area contributed by atoms with E-state index < -0.39 is 19.3 Å². The molecule has 20 heavy (non-hydrogen) atoms. The summed E-state index contributed by atoms with van der Waals surface area (Å²) in [4.78, 5) is 20.6. The fourth-order valence-corrected chi connectivity index (χ4v) is 2.30. The number of hydrogen-bond donors (Lipinski definition) is 3. The first-order valence-corrected chi connectivity index (χ1v) is 8.56. The van der Waals surface area contributed by atoms with Crippen molar-refractivity contribution in [3.05, 3.63) is 0 Å². The smallest absolute Gasteiger partial charge is 0.407 e. The zero-order valence-corrected chi connectivity index (χ0v) is 13.7. The SMILES string of the molecule is CCOP(=O)(O)CCNCCCNC(=O)OC(C)(C)C. The van der Waals surface area contributed by atoms with Crippen LogP contribution in [0.2, 0.25) is 0 Å². The van der Waals surface area contributed by atoms with Crippen molar-refractivity contribution in [2.45, 2.75) is 39.7 Å². The Kier molecular flexibility index (Phi) is 9.05. The molecule has 0 radical (unpaired) electrons. The lowest BCUT2D eigenvalue weighted by Crippen LogP contribution is -2.34. The molecular weight excluding hydrogens is 283 g/mol. The summed E-state index contributed by atoms with van der Waals surface area (Å²) in [5.41, 5.74) is -0.496. The third-order valence-electron chi connectivity index (χ3n) is 2.10. The fraction of sp³-hybridized carbons (Fsp3) is 0.917. The van der Waals surface area contributed by atoms with Crippen LogP contribution in [-0.2, 0) is 13.8 Å². The maximum atomic E-state index is 11.3. The van der Waals surface area contributed by atoms with Gasteiger partial charge in [0.2, 0.25) is 0 Å². The van der Waals surface area contributed by atoms with Crippen LogP contribution in [0.25, 0.3) is 0 Å². The van der Waals surface area contributed by atoms with E-state index in [2.05, 4.69) is 10.6 Å². The second-order valence-corrected chi connectivity index (χ2v) is 7.29. The van der Waals surface area contributed by atoms with Crippen molar-refractivity contribution in [2.75, 3.05) is 32.4 Å². The van der Waals surface area contributed by atoms with Gasteiger partial charge in [0.15, 0.2) is 0 Å². The van der Waals surface area contributed by atoms with Crippen LogP contribution in [0.4, 0.5) is 4.79 Å². The zero-order chi connectivity index (χ0) is 15.6. The highest BCUT2D eigenvalue weighted by atomic mass is 31.2. The first-order valence-electron chi connectivity index (χ1n) is 6.80. The largest absolute Gasteiger partial charge is 0.444 e. The van der Waals surface area contributed by atoms with E-state index in [4.69, 9.17) is 9.26 Å². The molecule has 0 aliphatic heterocycles. The summed E-state index contributed by atoms with van der Waals surface area (Å²) in [6, 6.07) is 0. The molecule has 1 atom stereocenters. The lowest BCUT2D eigenvalue weighted by atomic mass is 10.2. The predicted octanol–water partition coefficient (Wildman–Crippen LogP) is 1.71. The average Bonchev–Trinajstić information content (AvgIpc) is 2.25. The molecule has 0 aliphatic rings. The number of amides is 1. The molecule has 0 saturated carbocycles. The van der Waals surface area contributed by atoms with Gasteiger partial charge in [0, 0.05) is 13.1 Å². The normalized spacial score (nSPS) is 14.7. The van der Waals surface area contributed by atoms with Crippen LogP contribution in [0.15, 0.2) is 0 Å². The summed E-state index contributed by atoms with van der Waals surface area (Å²) in [6.45, 7) is 8.86. The van der Waals surface area contributed by atoms with Gasteiger partial charge in [0.25, 0.3) is 0 Å². The maximum Gasteiger partial charge on any atom is 0.407 e. The molecule has 8 heteroatoms. The standard InChI is InChI=1S/C12H27N2O5P/c1-5-18-20(16,17)10-9-13-7-6-8-14-11(15)19-12(2,3)4/h13H,5-10H2,1-4H3,(H,14,15)(H,16,17). The van der Waals surface area contributed by atoms with Crippen molar-refractivity contribution in [2.24, 2.45) is 0 Å². The van der Waals surface area contributed by atoms with Gasteiger partial charge in [-0.3, -0.25) is 4.57 Å². The van der Waals surface area contributed by atoms with Gasteiger partial charge in [-0.25, -0.2) is 4.79 Å². The molecule has 1 unspecified atom stereocenters. The van der Waals surface area contributed by atoms with Crippen LogP contribution in [0.5, 0.6) is 0 Å². The Balaban J connectivity index is 3.50. The van der Waals surface area contributed by atoms with Crippen molar-refractivity contribution in [3.63, 3.8) is 0 Å². The van der Waals surface area contributed by atoms with Gasteiger partial charge < -0.3 is 24.8 Å². The quantitative estimate of drug-likeness (QED) is 0.443. The van der Waals surface area contributed by atoms with Crippen LogP contribution in [0.3, 0.4) is 0 Å². The number of hydrogen-bond acceptors (Lipinski definition) is 5. The van der Waals surface area contributed by atoms with Gasteiger partial charge >= 0.3 is 13.7 Å². The molecule has 1 amide bonds. The Labute approximate surface area is 120 Å². The molecule has 0 rings (SSSR count). The van der Waals surface area contributed by atoms with Crippen LogP contribution >= 0.6 is 7.60 Å². The highest BCUT2D eigenvalue weighted by Gasteiger charge is 2.17. The molecule has 0 spiro atoms. The summed E-state index contributed by atoms with van der Waals surface area (Å²) in [7, 11) is -3.44. The van der Waals surface area contributed by atoms with Gasteiger partial charge in [-0.1, -0.05) is 0 Å². The summed E-state index contributed by atoms with van der Waals surface area (Å²) in [5, 5.41) is 5.65. The Morgan fingerprint density at radius 2 is 1.90 bits per heavy atom.